The second-order valence-corrected chi connectivity index (χ2v) is 4.19. The van der Waals surface area contributed by atoms with Crippen molar-refractivity contribution in [3.8, 4) is 11.6 Å². The minimum Gasteiger partial charge on any atom is -0.335 e. The molecule has 4 heteroatoms. The van der Waals surface area contributed by atoms with Crippen LogP contribution in [0.1, 0.15) is 18.3 Å². The van der Waals surface area contributed by atoms with Gasteiger partial charge in [0.25, 0.3) is 0 Å². The number of rotatable bonds is 3. The topological polar surface area (TPSA) is 57.4 Å². The SMILES string of the molecule is C=Cc1nc(-c2nc3ccccc3[nH]2)[nH]c1/C=C\C. The van der Waals surface area contributed by atoms with Gasteiger partial charge in [0.05, 0.1) is 22.4 Å². The van der Waals surface area contributed by atoms with Crippen LogP contribution in [-0.4, -0.2) is 19.9 Å². The van der Waals surface area contributed by atoms with E-state index in [1.54, 1.807) is 6.08 Å². The number of benzene rings is 1. The van der Waals surface area contributed by atoms with E-state index in [1.807, 2.05) is 43.3 Å². The second-order valence-electron chi connectivity index (χ2n) is 4.19. The number of allylic oxidation sites excluding steroid dienone is 1. The molecule has 0 saturated heterocycles. The maximum atomic E-state index is 4.52. The van der Waals surface area contributed by atoms with Gasteiger partial charge in [0.15, 0.2) is 11.6 Å². The highest BCUT2D eigenvalue weighted by molar-refractivity contribution is 5.78. The summed E-state index contributed by atoms with van der Waals surface area (Å²) < 4.78 is 0. The van der Waals surface area contributed by atoms with E-state index in [0.717, 1.165) is 34.1 Å². The molecule has 4 nitrogen and oxygen atoms in total. The molecule has 0 amide bonds. The molecule has 0 aliphatic carbocycles. The number of nitrogens with zero attached hydrogens (tertiary/aromatic N) is 2. The van der Waals surface area contributed by atoms with Crippen LogP contribution in [0.15, 0.2) is 36.9 Å². The molecule has 3 aromatic rings. The average molecular weight is 250 g/mol. The number of hydrogen-bond donors (Lipinski definition) is 2. The molecular formula is C15H14N4. The quantitative estimate of drug-likeness (QED) is 0.745. The molecular weight excluding hydrogens is 236 g/mol. The van der Waals surface area contributed by atoms with E-state index < -0.39 is 0 Å². The van der Waals surface area contributed by atoms with Crippen molar-refractivity contribution in [3.05, 3.63) is 48.3 Å². The zero-order chi connectivity index (χ0) is 13.2. The fourth-order valence-electron chi connectivity index (χ4n) is 2.03. The van der Waals surface area contributed by atoms with Gasteiger partial charge in [0, 0.05) is 0 Å². The number of nitrogens with one attached hydrogen (secondary N) is 2. The summed E-state index contributed by atoms with van der Waals surface area (Å²) in [5.41, 5.74) is 3.70. The maximum absolute atomic E-state index is 4.52. The maximum Gasteiger partial charge on any atom is 0.174 e. The number of aromatic nitrogens is 4. The largest absolute Gasteiger partial charge is 0.335 e. The molecule has 2 heterocycles. The van der Waals surface area contributed by atoms with Crippen molar-refractivity contribution in [2.45, 2.75) is 6.92 Å². The lowest BCUT2D eigenvalue weighted by Gasteiger charge is -1.88. The third kappa shape index (κ3) is 1.97. The number of fused-ring (bicyclic) bond motifs is 1. The van der Waals surface area contributed by atoms with Crippen molar-refractivity contribution in [1.29, 1.82) is 0 Å². The zero-order valence-electron chi connectivity index (χ0n) is 10.6. The molecule has 3 rings (SSSR count). The van der Waals surface area contributed by atoms with Crippen LogP contribution in [0, 0.1) is 0 Å². The molecule has 2 aromatic heterocycles. The molecule has 1 aromatic carbocycles. The Balaban J connectivity index is 2.13. The smallest absolute Gasteiger partial charge is 0.174 e. The van der Waals surface area contributed by atoms with Crippen LogP contribution in [0.2, 0.25) is 0 Å². The molecule has 0 bridgehead atoms. The molecule has 19 heavy (non-hydrogen) atoms. The Morgan fingerprint density at radius 2 is 1.89 bits per heavy atom. The summed E-state index contributed by atoms with van der Waals surface area (Å²) in [5, 5.41) is 0. The van der Waals surface area contributed by atoms with E-state index in [0.29, 0.717) is 0 Å². The van der Waals surface area contributed by atoms with Gasteiger partial charge in [-0.1, -0.05) is 24.8 Å². The Bertz CT molecular complexity index is 728. The molecule has 2 N–H and O–H groups in total. The first-order chi connectivity index (χ1) is 9.31. The minimum absolute atomic E-state index is 0.721. The van der Waals surface area contributed by atoms with Gasteiger partial charge in [-0.05, 0) is 31.2 Å². The Labute approximate surface area is 110 Å². The van der Waals surface area contributed by atoms with E-state index in [-0.39, 0.29) is 0 Å². The zero-order valence-corrected chi connectivity index (χ0v) is 10.6. The highest BCUT2D eigenvalue weighted by atomic mass is 15.0. The van der Waals surface area contributed by atoms with Crippen molar-refractivity contribution >= 4 is 23.2 Å². The summed E-state index contributed by atoms with van der Waals surface area (Å²) in [6, 6.07) is 7.91. The molecule has 0 fully saturated rings. The molecule has 94 valence electrons. The van der Waals surface area contributed by atoms with Gasteiger partial charge in [-0.3, -0.25) is 0 Å². The number of imidazole rings is 2. The van der Waals surface area contributed by atoms with Gasteiger partial charge in [0.2, 0.25) is 0 Å². The first-order valence-corrected chi connectivity index (χ1v) is 6.12. The normalized spacial score (nSPS) is 11.4. The van der Waals surface area contributed by atoms with Crippen LogP contribution in [0.4, 0.5) is 0 Å². The molecule has 0 radical (unpaired) electrons. The lowest BCUT2D eigenvalue weighted by Crippen LogP contribution is -1.82. The minimum atomic E-state index is 0.721. The number of hydrogen-bond acceptors (Lipinski definition) is 2. The van der Waals surface area contributed by atoms with Crippen molar-refractivity contribution in [2.75, 3.05) is 0 Å². The lowest BCUT2D eigenvalue weighted by molar-refractivity contribution is 1.20. The van der Waals surface area contributed by atoms with Crippen LogP contribution in [0.5, 0.6) is 0 Å². The third-order valence-electron chi connectivity index (χ3n) is 2.90. The molecule has 0 saturated carbocycles. The van der Waals surface area contributed by atoms with Gasteiger partial charge >= 0.3 is 0 Å². The van der Waals surface area contributed by atoms with Crippen LogP contribution >= 0.6 is 0 Å². The first kappa shape index (κ1) is 11.5. The van der Waals surface area contributed by atoms with Crippen LogP contribution in [0.25, 0.3) is 34.8 Å². The number of para-hydroxylation sites is 2. The van der Waals surface area contributed by atoms with E-state index >= 15 is 0 Å². The van der Waals surface area contributed by atoms with E-state index in [9.17, 15) is 0 Å². The predicted molar refractivity (Wildman–Crippen MR) is 78.5 cm³/mol. The van der Waals surface area contributed by atoms with Crippen molar-refractivity contribution in [1.82, 2.24) is 19.9 Å². The van der Waals surface area contributed by atoms with Crippen molar-refractivity contribution in [2.24, 2.45) is 0 Å². The Kier molecular flexibility index (Phi) is 2.76. The number of aromatic amines is 2. The van der Waals surface area contributed by atoms with Crippen molar-refractivity contribution in [3.63, 3.8) is 0 Å². The lowest BCUT2D eigenvalue weighted by atomic mass is 10.3. The standard InChI is InChI=1S/C15H14N4/c1-3-7-11-10(4-2)16-14(17-11)15-18-12-8-5-6-9-13(12)19-15/h3-9H,2H2,1H3,(H,16,17)(H,18,19)/b7-3-. The Hall–Kier alpha value is -2.62. The summed E-state index contributed by atoms with van der Waals surface area (Å²) in [7, 11) is 0. The highest BCUT2D eigenvalue weighted by Gasteiger charge is 2.11. The Morgan fingerprint density at radius 1 is 1.11 bits per heavy atom. The monoisotopic (exact) mass is 250 g/mol. The summed E-state index contributed by atoms with van der Waals surface area (Å²) >= 11 is 0. The molecule has 0 unspecified atom stereocenters. The summed E-state index contributed by atoms with van der Waals surface area (Å²) in [5.74, 6) is 1.46. The van der Waals surface area contributed by atoms with E-state index in [4.69, 9.17) is 0 Å². The predicted octanol–water partition coefficient (Wildman–Crippen LogP) is 3.63. The molecule has 0 atom stereocenters. The van der Waals surface area contributed by atoms with E-state index in [1.165, 1.54) is 0 Å². The van der Waals surface area contributed by atoms with Gasteiger partial charge in [-0.2, -0.15) is 0 Å². The van der Waals surface area contributed by atoms with Gasteiger partial charge in [-0.15, -0.1) is 0 Å². The average Bonchev–Trinajstić information content (AvgIpc) is 3.02. The summed E-state index contributed by atoms with van der Waals surface area (Å²) in [6.07, 6.45) is 5.66. The summed E-state index contributed by atoms with van der Waals surface area (Å²) in [4.78, 5) is 15.5. The number of H-pyrrole nitrogens is 2. The molecule has 0 aliphatic heterocycles. The second kappa shape index (κ2) is 4.57. The molecule has 0 spiro atoms. The first-order valence-electron chi connectivity index (χ1n) is 6.12. The highest BCUT2D eigenvalue weighted by Crippen LogP contribution is 2.20. The van der Waals surface area contributed by atoms with Gasteiger partial charge < -0.3 is 9.97 Å². The van der Waals surface area contributed by atoms with Gasteiger partial charge in [0.1, 0.15) is 0 Å². The van der Waals surface area contributed by atoms with Crippen LogP contribution in [0.3, 0.4) is 0 Å². The van der Waals surface area contributed by atoms with Crippen molar-refractivity contribution < 1.29 is 0 Å². The fraction of sp³-hybridized carbons (Fsp3) is 0.0667. The fourth-order valence-corrected chi connectivity index (χ4v) is 2.03. The summed E-state index contributed by atoms with van der Waals surface area (Å²) in [6.45, 7) is 5.74. The van der Waals surface area contributed by atoms with E-state index in [2.05, 4.69) is 26.5 Å². The third-order valence-corrected chi connectivity index (χ3v) is 2.90. The van der Waals surface area contributed by atoms with Crippen LogP contribution in [-0.2, 0) is 0 Å². The molecule has 0 aliphatic rings. The van der Waals surface area contributed by atoms with Crippen LogP contribution < -0.4 is 0 Å². The van der Waals surface area contributed by atoms with Gasteiger partial charge in [-0.25, -0.2) is 9.97 Å². The Morgan fingerprint density at radius 3 is 2.63 bits per heavy atom.